The average Bonchev–Trinajstić information content (AvgIpc) is 2.69. The molecule has 1 unspecified atom stereocenters. The lowest BCUT2D eigenvalue weighted by Crippen LogP contribution is -2.08. The fourth-order valence-electron chi connectivity index (χ4n) is 1.44. The van der Waals surface area contributed by atoms with Crippen LogP contribution in [0.5, 0.6) is 0 Å². The number of thiophene rings is 1. The molecular weight excluding hydrogens is 207 g/mol. The minimum absolute atomic E-state index is 0.612. The highest BCUT2D eigenvalue weighted by Gasteiger charge is 2.18. The molecule has 0 bridgehead atoms. The number of benzene rings is 1. The Morgan fingerprint density at radius 3 is 2.27 bits per heavy atom. The molecule has 2 rings (SSSR count). The van der Waals surface area contributed by atoms with Gasteiger partial charge in [0.1, 0.15) is 5.67 Å². The van der Waals surface area contributed by atoms with Gasteiger partial charge in [0.2, 0.25) is 0 Å². The van der Waals surface area contributed by atoms with Crippen molar-refractivity contribution in [1.82, 2.24) is 0 Å². The predicted molar refractivity (Wildman–Crippen MR) is 63.6 cm³/mol. The van der Waals surface area contributed by atoms with Crippen LogP contribution in [-0.2, 0) is 5.67 Å². The normalized spacial score (nSPS) is 11.7. The molecule has 15 heavy (non-hydrogen) atoms. The van der Waals surface area contributed by atoms with Gasteiger partial charge in [-0.2, -0.15) is 11.3 Å². The van der Waals surface area contributed by atoms with Crippen LogP contribution in [-0.4, -0.2) is 0 Å². The first kappa shape index (κ1) is 10.4. The Morgan fingerprint density at radius 2 is 1.80 bits per heavy atom. The molecule has 0 saturated heterocycles. The summed E-state index contributed by atoms with van der Waals surface area (Å²) >= 11 is 1.66. The van der Waals surface area contributed by atoms with Gasteiger partial charge in [0, 0.05) is 0 Å². The standard InChI is InChI=1S/C13H12FS/c1-13(2,14)12-5-3-10(4-6-12)11-7-8-15-9-11/h3-9H,1H2,2H3. The van der Waals surface area contributed by atoms with Crippen LogP contribution in [0, 0.1) is 6.92 Å². The van der Waals surface area contributed by atoms with Gasteiger partial charge in [-0.25, -0.2) is 4.39 Å². The molecule has 0 spiro atoms. The fourth-order valence-corrected chi connectivity index (χ4v) is 2.10. The van der Waals surface area contributed by atoms with Gasteiger partial charge < -0.3 is 0 Å². The molecule has 2 aromatic rings. The third kappa shape index (κ3) is 2.26. The highest BCUT2D eigenvalue weighted by molar-refractivity contribution is 7.08. The highest BCUT2D eigenvalue weighted by atomic mass is 32.1. The van der Waals surface area contributed by atoms with E-state index in [0.717, 1.165) is 5.56 Å². The maximum absolute atomic E-state index is 13.5. The first-order valence-corrected chi connectivity index (χ1v) is 5.69. The second-order valence-corrected chi connectivity index (χ2v) is 4.57. The van der Waals surface area contributed by atoms with Crippen molar-refractivity contribution in [3.8, 4) is 11.1 Å². The van der Waals surface area contributed by atoms with Crippen molar-refractivity contribution in [1.29, 1.82) is 0 Å². The van der Waals surface area contributed by atoms with Crippen LogP contribution in [0.3, 0.4) is 0 Å². The zero-order valence-corrected chi connectivity index (χ0v) is 9.35. The first-order valence-electron chi connectivity index (χ1n) is 4.75. The smallest absolute Gasteiger partial charge is 0.133 e. The van der Waals surface area contributed by atoms with Crippen molar-refractivity contribution in [2.45, 2.75) is 12.6 Å². The fraction of sp³-hybridized carbons (Fsp3) is 0.154. The van der Waals surface area contributed by atoms with Crippen molar-refractivity contribution in [2.24, 2.45) is 0 Å². The van der Waals surface area contributed by atoms with Crippen molar-refractivity contribution in [2.75, 3.05) is 0 Å². The Kier molecular flexibility index (Phi) is 2.61. The Balaban J connectivity index is 2.33. The summed E-state index contributed by atoms with van der Waals surface area (Å²) in [5.41, 5.74) is 1.40. The third-order valence-corrected chi connectivity index (χ3v) is 3.02. The van der Waals surface area contributed by atoms with Crippen LogP contribution in [0.1, 0.15) is 12.5 Å². The van der Waals surface area contributed by atoms with Gasteiger partial charge in [-0.3, -0.25) is 0 Å². The van der Waals surface area contributed by atoms with E-state index in [4.69, 9.17) is 0 Å². The van der Waals surface area contributed by atoms with Crippen LogP contribution in [0.15, 0.2) is 41.1 Å². The molecule has 77 valence electrons. The van der Waals surface area contributed by atoms with E-state index in [-0.39, 0.29) is 0 Å². The second kappa shape index (κ2) is 3.78. The van der Waals surface area contributed by atoms with Crippen molar-refractivity contribution in [3.05, 3.63) is 53.6 Å². The summed E-state index contributed by atoms with van der Waals surface area (Å²) in [6.45, 7) is 4.93. The molecule has 0 fully saturated rings. The summed E-state index contributed by atoms with van der Waals surface area (Å²) in [4.78, 5) is 0. The van der Waals surface area contributed by atoms with Gasteiger partial charge in [-0.1, -0.05) is 24.3 Å². The number of hydrogen-bond acceptors (Lipinski definition) is 1. The van der Waals surface area contributed by atoms with Crippen LogP contribution >= 0.6 is 11.3 Å². The molecule has 1 aromatic heterocycles. The molecule has 0 amide bonds. The lowest BCUT2D eigenvalue weighted by molar-refractivity contribution is 0.260. The maximum Gasteiger partial charge on any atom is 0.133 e. The molecule has 0 aliphatic carbocycles. The monoisotopic (exact) mass is 219 g/mol. The molecule has 0 aliphatic rings. The van der Waals surface area contributed by atoms with Gasteiger partial charge in [0.15, 0.2) is 0 Å². The van der Waals surface area contributed by atoms with Gasteiger partial charge in [-0.15, -0.1) is 0 Å². The van der Waals surface area contributed by atoms with E-state index in [1.807, 2.05) is 17.5 Å². The average molecular weight is 219 g/mol. The van der Waals surface area contributed by atoms with E-state index in [2.05, 4.69) is 18.4 Å². The number of alkyl halides is 1. The molecule has 0 nitrogen and oxygen atoms in total. The van der Waals surface area contributed by atoms with Crippen LogP contribution in [0.2, 0.25) is 0 Å². The van der Waals surface area contributed by atoms with E-state index < -0.39 is 5.67 Å². The summed E-state index contributed by atoms with van der Waals surface area (Å²) < 4.78 is 13.5. The van der Waals surface area contributed by atoms with Crippen LogP contribution in [0.25, 0.3) is 11.1 Å². The van der Waals surface area contributed by atoms with Crippen molar-refractivity contribution >= 4 is 11.3 Å². The molecule has 0 saturated carbocycles. The van der Waals surface area contributed by atoms with E-state index in [9.17, 15) is 4.39 Å². The number of hydrogen-bond donors (Lipinski definition) is 0. The minimum atomic E-state index is -1.51. The summed E-state index contributed by atoms with van der Waals surface area (Å²) in [5, 5.41) is 4.11. The maximum atomic E-state index is 13.5. The molecule has 1 atom stereocenters. The lowest BCUT2D eigenvalue weighted by atomic mass is 9.98. The molecular formula is C13H12FS. The molecule has 2 heteroatoms. The van der Waals surface area contributed by atoms with Gasteiger partial charge in [-0.05, 0) is 47.4 Å². The predicted octanol–water partition coefficient (Wildman–Crippen LogP) is 4.43. The topological polar surface area (TPSA) is 0 Å². The molecule has 1 heterocycles. The molecule has 0 aliphatic heterocycles. The second-order valence-electron chi connectivity index (χ2n) is 3.79. The van der Waals surface area contributed by atoms with Gasteiger partial charge in [0.05, 0.1) is 0 Å². The van der Waals surface area contributed by atoms with E-state index in [1.165, 1.54) is 12.5 Å². The van der Waals surface area contributed by atoms with Crippen LogP contribution < -0.4 is 0 Å². The van der Waals surface area contributed by atoms with E-state index in [1.54, 1.807) is 23.5 Å². The lowest BCUT2D eigenvalue weighted by Gasteiger charge is -2.14. The number of rotatable bonds is 2. The SMILES string of the molecule is [CH2]C(C)(F)c1ccc(-c2ccsc2)cc1. The van der Waals surface area contributed by atoms with Crippen molar-refractivity contribution < 1.29 is 4.39 Å². The zero-order chi connectivity index (χ0) is 10.9. The summed E-state index contributed by atoms with van der Waals surface area (Å²) in [7, 11) is 0. The van der Waals surface area contributed by atoms with Gasteiger partial charge in [0.25, 0.3) is 0 Å². The van der Waals surface area contributed by atoms with Crippen molar-refractivity contribution in [3.63, 3.8) is 0 Å². The first-order chi connectivity index (χ1) is 7.07. The summed E-state index contributed by atoms with van der Waals surface area (Å²) in [6.07, 6.45) is 0. The van der Waals surface area contributed by atoms with Crippen LogP contribution in [0.4, 0.5) is 4.39 Å². The molecule has 1 radical (unpaired) electrons. The van der Waals surface area contributed by atoms with E-state index in [0.29, 0.717) is 5.56 Å². The largest absolute Gasteiger partial charge is 0.239 e. The Morgan fingerprint density at radius 1 is 1.13 bits per heavy atom. The van der Waals surface area contributed by atoms with Gasteiger partial charge >= 0.3 is 0 Å². The zero-order valence-electron chi connectivity index (χ0n) is 8.53. The quantitative estimate of drug-likeness (QED) is 0.700. The molecule has 1 aromatic carbocycles. The Bertz CT molecular complexity index is 421. The summed E-state index contributed by atoms with van der Waals surface area (Å²) in [6, 6.07) is 9.50. The number of halogens is 1. The summed E-state index contributed by atoms with van der Waals surface area (Å²) in [5.74, 6) is 0. The molecule has 0 N–H and O–H groups in total. The third-order valence-electron chi connectivity index (χ3n) is 2.34. The minimum Gasteiger partial charge on any atom is -0.239 e. The Labute approximate surface area is 93.4 Å². The highest BCUT2D eigenvalue weighted by Crippen LogP contribution is 2.27. The van der Waals surface area contributed by atoms with E-state index >= 15 is 0 Å². The Hall–Kier alpha value is -1.15.